The van der Waals surface area contributed by atoms with E-state index >= 15 is 0 Å². The normalized spacial score (nSPS) is 40.6. The molecule has 14 atom stereocenters. The van der Waals surface area contributed by atoms with Crippen molar-refractivity contribution >= 4 is 40.5 Å². The minimum absolute atomic E-state index is 0. The molecule has 11 aliphatic carbocycles. The molecule has 9 saturated carbocycles. The number of ether oxygens (including phenoxy) is 4. The van der Waals surface area contributed by atoms with Crippen LogP contribution in [0.5, 0.6) is 0 Å². The molecule has 0 aromatic heterocycles. The van der Waals surface area contributed by atoms with E-state index in [1.165, 1.54) is 12.0 Å². The molecular weight excluding hydrogens is 1090 g/mol. The summed E-state index contributed by atoms with van der Waals surface area (Å²) in [5, 5.41) is 30.4. The number of aliphatic hydroxyl groups is 3. The van der Waals surface area contributed by atoms with Crippen LogP contribution in [-0.2, 0) is 52.5 Å². The average Bonchev–Trinajstić information content (AvgIpc) is 1.80. The molecule has 486 valence electrons. The van der Waals surface area contributed by atoms with Gasteiger partial charge in [-0.05, 0) is 177 Å². The average molecular weight is 1200 g/mol. The Morgan fingerprint density at radius 2 is 0.849 bits per heavy atom. The van der Waals surface area contributed by atoms with E-state index in [9.17, 15) is 48.9 Å². The Morgan fingerprint density at radius 1 is 0.395 bits per heavy atom. The van der Waals surface area contributed by atoms with Gasteiger partial charge in [0.25, 0.3) is 0 Å². The molecular formula is C72H114O14. The highest BCUT2D eigenvalue weighted by Crippen LogP contribution is 2.59. The standard InChI is InChI=1S/C14H24O3.C14H22O3.C12H20O2.C12H18O2.C12H16O2.C7H10O2.CH4/c2*1-10-11-4-3-5-12(15)13(11,2)6-7-14(10)16-8-9-17-14;3*1-8-9-4-3-5-11(14)12(9,2)7-6-10(8)13;1-5-6(8)3-2-4-7(5)9;/h10-12,15H,3-9H2,1-2H3;10-11H,3-9H2,1-2H3;8-9,11,14H,3-7H2,1-2H3;11,14H,3-7H2,1-2H3;3-7H2,1-2H3;5H,2-4H2,1H3;1H4/t10-,11-,12-,13-;10-,11-,13-;8-,9-,11-,12-;11-,12-;12-;;/m00000../s1. The molecule has 2 heterocycles. The lowest BCUT2D eigenvalue weighted by molar-refractivity contribution is -0.258. The summed E-state index contributed by atoms with van der Waals surface area (Å²) in [6.07, 6.45) is 24.4. The zero-order valence-corrected chi connectivity index (χ0v) is 54.2. The van der Waals surface area contributed by atoms with Gasteiger partial charge in [-0.2, -0.15) is 0 Å². The van der Waals surface area contributed by atoms with Gasteiger partial charge in [0.15, 0.2) is 23.1 Å². The first-order valence-corrected chi connectivity index (χ1v) is 33.8. The van der Waals surface area contributed by atoms with Crippen molar-refractivity contribution in [2.75, 3.05) is 26.4 Å². The highest BCUT2D eigenvalue weighted by atomic mass is 16.7. The summed E-state index contributed by atoms with van der Waals surface area (Å²) < 4.78 is 23.6. The first-order chi connectivity index (χ1) is 40.0. The van der Waals surface area contributed by atoms with Gasteiger partial charge in [0, 0.05) is 91.8 Å². The van der Waals surface area contributed by atoms with Crippen LogP contribution in [-0.4, -0.2) is 112 Å². The highest BCUT2D eigenvalue weighted by Gasteiger charge is 2.60. The maximum atomic E-state index is 12.2. The molecule has 2 spiro atoms. The van der Waals surface area contributed by atoms with Crippen molar-refractivity contribution in [1.82, 2.24) is 0 Å². The van der Waals surface area contributed by atoms with E-state index in [0.717, 1.165) is 165 Å². The molecule has 14 heteroatoms. The molecule has 0 radical (unpaired) electrons. The molecule has 13 rings (SSSR count). The maximum Gasteiger partial charge on any atom is 0.171 e. The summed E-state index contributed by atoms with van der Waals surface area (Å²) in [5.74, 6) is 3.27. The minimum Gasteiger partial charge on any atom is -0.393 e. The summed E-state index contributed by atoms with van der Waals surface area (Å²) in [4.78, 5) is 80.3. The summed E-state index contributed by atoms with van der Waals surface area (Å²) in [7, 11) is 0. The Hall–Kier alpha value is -3.11. The summed E-state index contributed by atoms with van der Waals surface area (Å²) >= 11 is 0. The van der Waals surface area contributed by atoms with E-state index in [2.05, 4.69) is 41.5 Å². The number of fused-ring (bicyclic) bond motifs is 5. The molecule has 0 aromatic rings. The van der Waals surface area contributed by atoms with Crippen LogP contribution in [0.1, 0.15) is 263 Å². The molecule has 0 amide bonds. The van der Waals surface area contributed by atoms with Crippen LogP contribution in [0.4, 0.5) is 0 Å². The first kappa shape index (κ1) is 70.3. The van der Waals surface area contributed by atoms with Crippen molar-refractivity contribution in [3.05, 3.63) is 22.3 Å². The molecule has 2 aliphatic heterocycles. The number of hydrogen-bond donors (Lipinski definition) is 3. The van der Waals surface area contributed by atoms with Crippen LogP contribution in [0.25, 0.3) is 0 Å². The summed E-state index contributed by atoms with van der Waals surface area (Å²) in [6.45, 7) is 25.6. The second kappa shape index (κ2) is 28.2. The number of carbonyl (C=O) groups excluding carboxylic acids is 7. The zero-order valence-electron chi connectivity index (χ0n) is 54.2. The molecule has 3 N–H and O–H groups in total. The van der Waals surface area contributed by atoms with Crippen LogP contribution in [0.15, 0.2) is 22.3 Å². The molecule has 11 fully saturated rings. The Labute approximate surface area is 516 Å². The number of ketones is 7. The zero-order chi connectivity index (χ0) is 62.1. The third-order valence-electron chi connectivity index (χ3n) is 25.5. The van der Waals surface area contributed by atoms with Gasteiger partial charge in [0.1, 0.15) is 28.9 Å². The molecule has 86 heavy (non-hydrogen) atoms. The van der Waals surface area contributed by atoms with Crippen molar-refractivity contribution in [2.24, 2.45) is 68.5 Å². The molecule has 0 aromatic carbocycles. The van der Waals surface area contributed by atoms with Crippen molar-refractivity contribution < 1.29 is 67.8 Å². The topological polar surface area (TPSA) is 217 Å². The number of rotatable bonds is 0. The van der Waals surface area contributed by atoms with Gasteiger partial charge in [0.05, 0.1) is 50.7 Å². The van der Waals surface area contributed by atoms with Gasteiger partial charge >= 0.3 is 0 Å². The van der Waals surface area contributed by atoms with Gasteiger partial charge < -0.3 is 34.3 Å². The third-order valence-corrected chi connectivity index (χ3v) is 25.5. The largest absolute Gasteiger partial charge is 0.393 e. The monoisotopic (exact) mass is 1200 g/mol. The summed E-state index contributed by atoms with van der Waals surface area (Å²) in [6, 6.07) is 0. The SMILES string of the molecule is C.CC1=C2CCCC(=O)[C@@]2(C)CCC1=O.CC1=C2CCC[C@H](O)[C@@]2(C)CCC1=O.CC1C(=O)CCCC1=O.C[C@@H]1C(=O)CC[C@]2(C)[C@@H](O)CCC[C@@H]12.C[C@H]1[C@@H]2CCCC(=O)[C@@]2(C)CCC12OCCO2.C[C@H]1[C@@H]2CCC[C@H](O)[C@@]2(C)CCC12OCCO2. The Balaban J connectivity index is 0.000000149. The number of hydrogen-bond acceptors (Lipinski definition) is 14. The molecule has 0 bridgehead atoms. The predicted molar refractivity (Wildman–Crippen MR) is 331 cm³/mol. The van der Waals surface area contributed by atoms with Gasteiger partial charge in [-0.25, -0.2) is 0 Å². The van der Waals surface area contributed by atoms with E-state index in [1.54, 1.807) is 6.92 Å². The first-order valence-electron chi connectivity index (χ1n) is 33.8. The van der Waals surface area contributed by atoms with Crippen LogP contribution in [0, 0.1) is 68.5 Å². The Morgan fingerprint density at radius 3 is 1.43 bits per heavy atom. The van der Waals surface area contributed by atoms with Crippen molar-refractivity contribution in [3.63, 3.8) is 0 Å². The lowest BCUT2D eigenvalue weighted by Gasteiger charge is -2.56. The lowest BCUT2D eigenvalue weighted by atomic mass is 9.54. The van der Waals surface area contributed by atoms with Crippen molar-refractivity contribution in [3.8, 4) is 0 Å². The number of aliphatic hydroxyl groups excluding tert-OH is 3. The lowest BCUT2D eigenvalue weighted by Crippen LogP contribution is -2.56. The molecule has 14 nitrogen and oxygen atoms in total. The smallest absolute Gasteiger partial charge is 0.171 e. The fraction of sp³-hybridized carbons (Fsp3) is 0.847. The molecule has 2 saturated heterocycles. The van der Waals surface area contributed by atoms with Gasteiger partial charge in [-0.15, -0.1) is 0 Å². The van der Waals surface area contributed by atoms with Crippen LogP contribution < -0.4 is 0 Å². The molecule has 0 unspecified atom stereocenters. The van der Waals surface area contributed by atoms with Crippen LogP contribution in [0.2, 0.25) is 0 Å². The van der Waals surface area contributed by atoms with Gasteiger partial charge in [-0.1, -0.05) is 79.9 Å². The van der Waals surface area contributed by atoms with E-state index in [1.807, 2.05) is 27.7 Å². The fourth-order valence-corrected chi connectivity index (χ4v) is 18.9. The van der Waals surface area contributed by atoms with Crippen molar-refractivity contribution in [2.45, 2.75) is 293 Å². The maximum absolute atomic E-state index is 12.2. The quantitative estimate of drug-likeness (QED) is 0.192. The second-order valence-corrected chi connectivity index (χ2v) is 29.8. The minimum atomic E-state index is -0.373. The molecule has 13 aliphatic rings. The van der Waals surface area contributed by atoms with Crippen LogP contribution >= 0.6 is 0 Å². The van der Waals surface area contributed by atoms with E-state index in [-0.39, 0.29) is 99.4 Å². The second-order valence-electron chi connectivity index (χ2n) is 29.8. The fourth-order valence-electron chi connectivity index (χ4n) is 18.9. The van der Waals surface area contributed by atoms with E-state index in [4.69, 9.17) is 18.9 Å². The van der Waals surface area contributed by atoms with Gasteiger partial charge in [-0.3, -0.25) is 33.6 Å². The van der Waals surface area contributed by atoms with Gasteiger partial charge in [0.2, 0.25) is 0 Å². The Bertz CT molecular complexity index is 2530. The predicted octanol–water partition coefficient (Wildman–Crippen LogP) is 13.2. The number of allylic oxidation sites excluding steroid dienone is 3. The number of Topliss-reactive ketones (excluding diaryl/α,β-unsaturated/α-hetero) is 7. The van der Waals surface area contributed by atoms with Crippen LogP contribution in [0.3, 0.4) is 0 Å². The van der Waals surface area contributed by atoms with Crippen molar-refractivity contribution in [1.29, 1.82) is 0 Å². The van der Waals surface area contributed by atoms with E-state index < -0.39 is 0 Å². The summed E-state index contributed by atoms with van der Waals surface area (Å²) in [5.41, 5.74) is 3.75. The highest BCUT2D eigenvalue weighted by molar-refractivity contribution is 6.04. The third kappa shape index (κ3) is 13.6. The number of carbonyl (C=O) groups is 7. The van der Waals surface area contributed by atoms with E-state index in [0.29, 0.717) is 98.7 Å². The Kier molecular flexibility index (Phi) is 23.1.